The number of carbonyl (C=O) groups is 2. The lowest BCUT2D eigenvalue weighted by molar-refractivity contribution is -0.141. The molecule has 4 nitrogen and oxygen atoms in total. The van der Waals surface area contributed by atoms with Crippen molar-refractivity contribution in [2.75, 3.05) is 6.54 Å². The number of nitrogens with one attached hydrogen (secondary N) is 1. The van der Waals surface area contributed by atoms with Gasteiger partial charge in [-0.2, -0.15) is 0 Å². The molecule has 1 rings (SSSR count). The molecule has 0 spiro atoms. The monoisotopic (exact) mass is 269 g/mol. The van der Waals surface area contributed by atoms with Gasteiger partial charge in [0.1, 0.15) is 0 Å². The highest BCUT2D eigenvalue weighted by Gasteiger charge is 2.36. The van der Waals surface area contributed by atoms with Crippen molar-refractivity contribution in [3.63, 3.8) is 0 Å². The van der Waals surface area contributed by atoms with Crippen LogP contribution in [0.1, 0.15) is 59.3 Å². The van der Waals surface area contributed by atoms with Crippen LogP contribution in [0.3, 0.4) is 0 Å². The zero-order valence-corrected chi connectivity index (χ0v) is 12.4. The zero-order chi connectivity index (χ0) is 14.5. The molecule has 2 unspecified atom stereocenters. The highest BCUT2D eigenvalue weighted by atomic mass is 16.4. The van der Waals surface area contributed by atoms with E-state index in [1.54, 1.807) is 6.92 Å². The first-order chi connectivity index (χ1) is 8.84. The maximum absolute atomic E-state index is 12.2. The van der Waals surface area contributed by atoms with E-state index in [2.05, 4.69) is 19.2 Å². The number of hydrogen-bond donors (Lipinski definition) is 2. The van der Waals surface area contributed by atoms with E-state index in [0.29, 0.717) is 13.0 Å². The van der Waals surface area contributed by atoms with Crippen LogP contribution in [0.4, 0.5) is 0 Å². The van der Waals surface area contributed by atoms with Gasteiger partial charge in [0, 0.05) is 12.5 Å². The van der Waals surface area contributed by atoms with Gasteiger partial charge in [0.15, 0.2) is 0 Å². The first kappa shape index (κ1) is 16.0. The third-order valence-electron chi connectivity index (χ3n) is 4.36. The van der Waals surface area contributed by atoms with Crippen molar-refractivity contribution >= 4 is 11.9 Å². The number of aliphatic carboxylic acids is 1. The fraction of sp³-hybridized carbons (Fsp3) is 0.867. The van der Waals surface area contributed by atoms with Crippen LogP contribution < -0.4 is 5.32 Å². The van der Waals surface area contributed by atoms with Gasteiger partial charge in [-0.25, -0.2) is 0 Å². The molecule has 2 atom stereocenters. The standard InChI is InChI=1S/C15H27NO3/c1-11(14(18)19)7-6-10-16-13(17)12-8-4-5-9-15(12,2)3/h11-12H,4-10H2,1-3H3,(H,16,17)(H,18,19). The second-order valence-electron chi connectivity index (χ2n) is 6.46. The molecule has 19 heavy (non-hydrogen) atoms. The number of carbonyl (C=O) groups excluding carboxylic acids is 1. The molecule has 0 aliphatic heterocycles. The van der Waals surface area contributed by atoms with Gasteiger partial charge in [-0.15, -0.1) is 0 Å². The van der Waals surface area contributed by atoms with Crippen molar-refractivity contribution in [2.45, 2.75) is 59.3 Å². The summed E-state index contributed by atoms with van der Waals surface area (Å²) in [6.45, 7) is 6.63. The summed E-state index contributed by atoms with van der Waals surface area (Å²) in [5.41, 5.74) is 0.0939. The number of rotatable bonds is 6. The maximum Gasteiger partial charge on any atom is 0.306 e. The Morgan fingerprint density at radius 3 is 2.63 bits per heavy atom. The quantitative estimate of drug-likeness (QED) is 0.729. The summed E-state index contributed by atoms with van der Waals surface area (Å²) in [7, 11) is 0. The Labute approximate surface area is 116 Å². The van der Waals surface area contributed by atoms with E-state index in [-0.39, 0.29) is 23.2 Å². The van der Waals surface area contributed by atoms with E-state index < -0.39 is 5.97 Å². The van der Waals surface area contributed by atoms with Crippen LogP contribution in [0.5, 0.6) is 0 Å². The molecule has 0 saturated heterocycles. The molecular formula is C15H27NO3. The molecule has 0 aromatic rings. The zero-order valence-electron chi connectivity index (χ0n) is 12.4. The van der Waals surface area contributed by atoms with Crippen molar-refractivity contribution in [3.05, 3.63) is 0 Å². The van der Waals surface area contributed by atoms with Crippen molar-refractivity contribution < 1.29 is 14.7 Å². The summed E-state index contributed by atoms with van der Waals surface area (Å²) in [6.07, 6.45) is 5.78. The predicted octanol–water partition coefficient (Wildman–Crippen LogP) is 2.82. The van der Waals surface area contributed by atoms with Crippen LogP contribution in [-0.4, -0.2) is 23.5 Å². The Hall–Kier alpha value is -1.06. The molecule has 1 aliphatic carbocycles. The van der Waals surface area contributed by atoms with Crippen LogP contribution in [0.2, 0.25) is 0 Å². The lowest BCUT2D eigenvalue weighted by Gasteiger charge is -2.37. The van der Waals surface area contributed by atoms with Crippen LogP contribution in [-0.2, 0) is 9.59 Å². The van der Waals surface area contributed by atoms with Crippen molar-refractivity contribution in [1.82, 2.24) is 5.32 Å². The third-order valence-corrected chi connectivity index (χ3v) is 4.36. The van der Waals surface area contributed by atoms with E-state index in [0.717, 1.165) is 25.7 Å². The fourth-order valence-corrected chi connectivity index (χ4v) is 2.85. The largest absolute Gasteiger partial charge is 0.481 e. The normalized spacial score (nSPS) is 23.6. The van der Waals surface area contributed by atoms with Crippen molar-refractivity contribution in [2.24, 2.45) is 17.3 Å². The Morgan fingerprint density at radius 2 is 2.05 bits per heavy atom. The average molecular weight is 269 g/mol. The van der Waals surface area contributed by atoms with Crippen LogP contribution in [0.15, 0.2) is 0 Å². The Kier molecular flexibility index (Phi) is 5.83. The number of carboxylic acids is 1. The van der Waals surface area contributed by atoms with Gasteiger partial charge in [-0.05, 0) is 31.1 Å². The van der Waals surface area contributed by atoms with Gasteiger partial charge >= 0.3 is 5.97 Å². The van der Waals surface area contributed by atoms with E-state index in [1.807, 2.05) is 0 Å². The van der Waals surface area contributed by atoms with Crippen molar-refractivity contribution in [1.29, 1.82) is 0 Å². The van der Waals surface area contributed by atoms with Gasteiger partial charge in [-0.1, -0.05) is 33.6 Å². The summed E-state index contributed by atoms with van der Waals surface area (Å²) < 4.78 is 0. The maximum atomic E-state index is 12.2. The minimum Gasteiger partial charge on any atom is -0.481 e. The van der Waals surface area contributed by atoms with E-state index in [1.165, 1.54) is 6.42 Å². The average Bonchev–Trinajstić information content (AvgIpc) is 2.33. The van der Waals surface area contributed by atoms with Crippen molar-refractivity contribution in [3.8, 4) is 0 Å². The molecule has 1 aliphatic rings. The van der Waals surface area contributed by atoms with Gasteiger partial charge in [0.2, 0.25) is 5.91 Å². The van der Waals surface area contributed by atoms with Gasteiger partial charge in [0.05, 0.1) is 5.92 Å². The number of hydrogen-bond acceptors (Lipinski definition) is 2. The summed E-state index contributed by atoms with van der Waals surface area (Å²) in [5.74, 6) is -0.839. The molecule has 0 radical (unpaired) electrons. The highest BCUT2D eigenvalue weighted by molar-refractivity contribution is 5.79. The minimum absolute atomic E-state index is 0.0939. The number of amides is 1. The summed E-state index contributed by atoms with van der Waals surface area (Å²) in [6, 6.07) is 0. The minimum atomic E-state index is -0.764. The SMILES string of the molecule is CC(CCCNC(=O)C1CCCCC1(C)C)C(=O)O. The fourth-order valence-electron chi connectivity index (χ4n) is 2.85. The Bertz CT molecular complexity index is 325. The van der Waals surface area contributed by atoms with E-state index in [4.69, 9.17) is 5.11 Å². The van der Waals surface area contributed by atoms with E-state index >= 15 is 0 Å². The van der Waals surface area contributed by atoms with E-state index in [9.17, 15) is 9.59 Å². The smallest absolute Gasteiger partial charge is 0.306 e. The second kappa shape index (κ2) is 6.92. The Morgan fingerprint density at radius 1 is 1.37 bits per heavy atom. The first-order valence-corrected chi connectivity index (χ1v) is 7.35. The summed E-state index contributed by atoms with van der Waals surface area (Å²) >= 11 is 0. The van der Waals surface area contributed by atoms with Crippen LogP contribution >= 0.6 is 0 Å². The molecule has 0 heterocycles. The molecule has 1 fully saturated rings. The lowest BCUT2D eigenvalue weighted by Crippen LogP contribution is -2.41. The topological polar surface area (TPSA) is 66.4 Å². The summed E-state index contributed by atoms with van der Waals surface area (Å²) in [5, 5.41) is 11.7. The molecule has 0 bridgehead atoms. The molecule has 4 heteroatoms. The molecule has 2 N–H and O–H groups in total. The van der Waals surface area contributed by atoms with Crippen LogP contribution in [0.25, 0.3) is 0 Å². The molecule has 1 amide bonds. The first-order valence-electron chi connectivity index (χ1n) is 7.35. The van der Waals surface area contributed by atoms with Gasteiger partial charge in [-0.3, -0.25) is 9.59 Å². The summed E-state index contributed by atoms with van der Waals surface area (Å²) in [4.78, 5) is 22.8. The lowest BCUT2D eigenvalue weighted by atomic mass is 9.68. The molecular weight excluding hydrogens is 242 g/mol. The molecule has 110 valence electrons. The molecule has 0 aromatic heterocycles. The predicted molar refractivity (Wildman–Crippen MR) is 74.8 cm³/mol. The number of carboxylic acid groups (broad SMARTS) is 1. The van der Waals surface area contributed by atoms with Crippen LogP contribution in [0, 0.1) is 17.3 Å². The third kappa shape index (κ3) is 4.84. The Balaban J connectivity index is 2.29. The molecule has 1 saturated carbocycles. The van der Waals surface area contributed by atoms with Gasteiger partial charge in [0.25, 0.3) is 0 Å². The molecule has 0 aromatic carbocycles. The second-order valence-corrected chi connectivity index (χ2v) is 6.46. The van der Waals surface area contributed by atoms with Gasteiger partial charge < -0.3 is 10.4 Å². The highest BCUT2D eigenvalue weighted by Crippen LogP contribution is 2.40.